The Hall–Kier alpha value is -1.90. The standard InChI is InChI=1S/C19H25FN4O.HI/c1-4-10-25-18-16(6-5-9-22-18)13-24-19(21-3)23-12-15-8-7-14(2)17(20)11-15;/h5-9,11H,4,10,12-13H2,1-3H3,(H2,21,23,24);1H. The number of benzene rings is 1. The molecule has 2 aromatic rings. The largest absolute Gasteiger partial charge is 0.477 e. The number of halogens is 2. The van der Waals surface area contributed by atoms with E-state index in [1.54, 1.807) is 26.2 Å². The van der Waals surface area contributed by atoms with Crippen LogP contribution in [0.3, 0.4) is 0 Å². The van der Waals surface area contributed by atoms with E-state index in [4.69, 9.17) is 4.74 Å². The van der Waals surface area contributed by atoms with E-state index in [0.717, 1.165) is 17.5 Å². The van der Waals surface area contributed by atoms with Gasteiger partial charge in [0.1, 0.15) is 5.82 Å². The fraction of sp³-hybridized carbons (Fsp3) is 0.368. The van der Waals surface area contributed by atoms with Crippen LogP contribution in [0.4, 0.5) is 4.39 Å². The maximum atomic E-state index is 13.6. The van der Waals surface area contributed by atoms with Crippen molar-refractivity contribution in [3.63, 3.8) is 0 Å². The van der Waals surface area contributed by atoms with Gasteiger partial charge in [0.25, 0.3) is 0 Å². The number of hydrogen-bond donors (Lipinski definition) is 2. The normalized spacial score (nSPS) is 10.8. The van der Waals surface area contributed by atoms with Crippen molar-refractivity contribution in [2.45, 2.75) is 33.4 Å². The van der Waals surface area contributed by atoms with E-state index in [2.05, 4.69) is 27.5 Å². The third-order valence-corrected chi connectivity index (χ3v) is 3.66. The predicted molar refractivity (Wildman–Crippen MR) is 114 cm³/mol. The molecule has 0 atom stereocenters. The van der Waals surface area contributed by atoms with Gasteiger partial charge in [0.05, 0.1) is 6.61 Å². The van der Waals surface area contributed by atoms with Gasteiger partial charge in [-0.2, -0.15) is 0 Å². The lowest BCUT2D eigenvalue weighted by Gasteiger charge is -2.14. The van der Waals surface area contributed by atoms with E-state index >= 15 is 0 Å². The summed E-state index contributed by atoms with van der Waals surface area (Å²) in [5.74, 6) is 1.06. The fourth-order valence-corrected chi connectivity index (χ4v) is 2.22. The van der Waals surface area contributed by atoms with Crippen LogP contribution in [0.25, 0.3) is 0 Å². The van der Waals surface area contributed by atoms with E-state index < -0.39 is 0 Å². The summed E-state index contributed by atoms with van der Waals surface area (Å²) in [5, 5.41) is 6.40. The van der Waals surface area contributed by atoms with E-state index in [1.165, 1.54) is 6.07 Å². The minimum absolute atomic E-state index is 0. The molecule has 7 heteroatoms. The molecule has 0 radical (unpaired) electrons. The summed E-state index contributed by atoms with van der Waals surface area (Å²) in [6, 6.07) is 9.05. The first-order valence-corrected chi connectivity index (χ1v) is 8.40. The van der Waals surface area contributed by atoms with Gasteiger partial charge in [-0.1, -0.05) is 25.1 Å². The number of ether oxygens (including phenoxy) is 1. The van der Waals surface area contributed by atoms with Crippen LogP contribution in [-0.2, 0) is 13.1 Å². The smallest absolute Gasteiger partial charge is 0.218 e. The average molecular weight is 472 g/mol. The minimum atomic E-state index is -0.199. The molecule has 5 nitrogen and oxygen atoms in total. The Kier molecular flexibility index (Phi) is 9.93. The molecule has 0 fully saturated rings. The van der Waals surface area contributed by atoms with Crippen LogP contribution < -0.4 is 15.4 Å². The van der Waals surface area contributed by atoms with E-state index in [1.807, 2.05) is 18.2 Å². The molecular weight excluding hydrogens is 446 g/mol. The quantitative estimate of drug-likeness (QED) is 0.366. The Morgan fingerprint density at radius 3 is 2.69 bits per heavy atom. The van der Waals surface area contributed by atoms with E-state index in [0.29, 0.717) is 37.1 Å². The van der Waals surface area contributed by atoms with Gasteiger partial charge < -0.3 is 15.4 Å². The molecular formula is C19H26FIN4O. The molecule has 0 aliphatic heterocycles. The zero-order valence-electron chi connectivity index (χ0n) is 15.4. The lowest BCUT2D eigenvalue weighted by atomic mass is 10.1. The van der Waals surface area contributed by atoms with Gasteiger partial charge in [-0.15, -0.1) is 24.0 Å². The second-order valence-electron chi connectivity index (χ2n) is 5.68. The number of aliphatic imine (C=N–C) groups is 1. The maximum absolute atomic E-state index is 13.6. The van der Waals surface area contributed by atoms with Gasteiger partial charge in [0, 0.05) is 31.9 Å². The number of rotatable bonds is 7. The van der Waals surface area contributed by atoms with Crippen molar-refractivity contribution in [3.8, 4) is 5.88 Å². The second kappa shape index (κ2) is 11.7. The molecule has 0 saturated heterocycles. The number of pyridine rings is 1. The van der Waals surface area contributed by atoms with E-state index in [-0.39, 0.29) is 29.8 Å². The molecule has 2 N–H and O–H groups in total. The Morgan fingerprint density at radius 1 is 1.23 bits per heavy atom. The summed E-state index contributed by atoms with van der Waals surface area (Å²) in [6.45, 7) is 5.47. The molecule has 0 amide bonds. The van der Waals surface area contributed by atoms with Crippen LogP contribution in [0.2, 0.25) is 0 Å². The lowest BCUT2D eigenvalue weighted by Crippen LogP contribution is -2.36. The summed E-state index contributed by atoms with van der Waals surface area (Å²) in [7, 11) is 1.70. The second-order valence-corrected chi connectivity index (χ2v) is 5.68. The fourth-order valence-electron chi connectivity index (χ4n) is 2.22. The SMILES string of the molecule is CCCOc1ncccc1CNC(=NC)NCc1ccc(C)c(F)c1.I. The van der Waals surface area contributed by atoms with Gasteiger partial charge in [-0.3, -0.25) is 4.99 Å². The third kappa shape index (κ3) is 6.78. The minimum Gasteiger partial charge on any atom is -0.477 e. The lowest BCUT2D eigenvalue weighted by molar-refractivity contribution is 0.301. The van der Waals surface area contributed by atoms with Crippen LogP contribution >= 0.6 is 24.0 Å². The van der Waals surface area contributed by atoms with Gasteiger partial charge >= 0.3 is 0 Å². The first-order chi connectivity index (χ1) is 12.1. The van der Waals surface area contributed by atoms with Crippen LogP contribution in [0.1, 0.15) is 30.0 Å². The topological polar surface area (TPSA) is 58.5 Å². The zero-order chi connectivity index (χ0) is 18.1. The van der Waals surface area contributed by atoms with Crippen molar-refractivity contribution in [2.24, 2.45) is 4.99 Å². The zero-order valence-corrected chi connectivity index (χ0v) is 17.7. The predicted octanol–water partition coefficient (Wildman–Crippen LogP) is 3.80. The Balaban J connectivity index is 0.00000338. The summed E-state index contributed by atoms with van der Waals surface area (Å²) in [6.07, 6.45) is 2.65. The summed E-state index contributed by atoms with van der Waals surface area (Å²) in [5.41, 5.74) is 2.46. The number of aryl methyl sites for hydroxylation is 1. The summed E-state index contributed by atoms with van der Waals surface area (Å²) < 4.78 is 19.3. The molecule has 0 spiro atoms. The number of hydrogen-bond acceptors (Lipinski definition) is 3. The molecule has 142 valence electrons. The molecule has 0 unspecified atom stereocenters. The summed E-state index contributed by atoms with van der Waals surface area (Å²) in [4.78, 5) is 8.46. The highest BCUT2D eigenvalue weighted by molar-refractivity contribution is 14.0. The number of aromatic nitrogens is 1. The van der Waals surface area contributed by atoms with Crippen molar-refractivity contribution in [1.29, 1.82) is 0 Å². The first-order valence-electron chi connectivity index (χ1n) is 8.40. The molecule has 0 saturated carbocycles. The van der Waals surface area contributed by atoms with Crippen molar-refractivity contribution < 1.29 is 9.13 Å². The Morgan fingerprint density at radius 2 is 2.00 bits per heavy atom. The molecule has 2 rings (SSSR count). The van der Waals surface area contributed by atoms with Gasteiger partial charge in [0.2, 0.25) is 5.88 Å². The highest BCUT2D eigenvalue weighted by atomic mass is 127. The Bertz CT molecular complexity index is 724. The summed E-state index contributed by atoms with van der Waals surface area (Å²) >= 11 is 0. The maximum Gasteiger partial charge on any atom is 0.218 e. The first kappa shape index (κ1) is 22.1. The van der Waals surface area contributed by atoms with Crippen LogP contribution in [0, 0.1) is 12.7 Å². The van der Waals surface area contributed by atoms with Crippen molar-refractivity contribution in [3.05, 3.63) is 59.0 Å². The molecule has 0 aliphatic rings. The monoisotopic (exact) mass is 472 g/mol. The third-order valence-electron chi connectivity index (χ3n) is 3.66. The Labute approximate surface area is 171 Å². The van der Waals surface area contributed by atoms with Crippen molar-refractivity contribution in [1.82, 2.24) is 15.6 Å². The van der Waals surface area contributed by atoms with Crippen LogP contribution in [0.15, 0.2) is 41.5 Å². The molecule has 26 heavy (non-hydrogen) atoms. The van der Waals surface area contributed by atoms with Gasteiger partial charge in [0.15, 0.2) is 5.96 Å². The molecule has 1 heterocycles. The number of nitrogens with one attached hydrogen (secondary N) is 2. The highest BCUT2D eigenvalue weighted by Crippen LogP contribution is 2.14. The highest BCUT2D eigenvalue weighted by Gasteiger charge is 2.06. The molecule has 1 aromatic carbocycles. The van der Waals surface area contributed by atoms with Crippen molar-refractivity contribution >= 4 is 29.9 Å². The molecule has 0 bridgehead atoms. The van der Waals surface area contributed by atoms with Crippen LogP contribution in [-0.4, -0.2) is 24.6 Å². The van der Waals surface area contributed by atoms with Gasteiger partial charge in [-0.25, -0.2) is 9.37 Å². The van der Waals surface area contributed by atoms with E-state index in [9.17, 15) is 4.39 Å². The van der Waals surface area contributed by atoms with Gasteiger partial charge in [-0.05, 0) is 36.6 Å². The van der Waals surface area contributed by atoms with Crippen molar-refractivity contribution in [2.75, 3.05) is 13.7 Å². The average Bonchev–Trinajstić information content (AvgIpc) is 2.63. The van der Waals surface area contributed by atoms with Crippen LogP contribution in [0.5, 0.6) is 5.88 Å². The molecule has 0 aliphatic carbocycles. The number of guanidine groups is 1. The molecule has 1 aromatic heterocycles. The number of nitrogens with zero attached hydrogens (tertiary/aromatic N) is 2.